The largest absolute Gasteiger partial charge is 0.493 e. The molecule has 0 radical (unpaired) electrons. The molecule has 0 heterocycles. The van der Waals surface area contributed by atoms with Crippen molar-refractivity contribution in [2.75, 3.05) is 20.8 Å². The third kappa shape index (κ3) is 8.65. The van der Waals surface area contributed by atoms with Crippen molar-refractivity contribution in [3.63, 3.8) is 0 Å². The molecule has 0 amide bonds. The Morgan fingerprint density at radius 2 is 1.46 bits per heavy atom. The van der Waals surface area contributed by atoms with Crippen molar-refractivity contribution in [1.82, 2.24) is 0 Å². The summed E-state index contributed by atoms with van der Waals surface area (Å²) in [7, 11) is 3.23. The maximum absolute atomic E-state index is 10.4. The number of benzene rings is 1. The zero-order valence-corrected chi connectivity index (χ0v) is 14.9. The van der Waals surface area contributed by atoms with E-state index >= 15 is 0 Å². The summed E-state index contributed by atoms with van der Waals surface area (Å²) >= 11 is 0. The Bertz CT molecular complexity index is 473. The summed E-state index contributed by atoms with van der Waals surface area (Å²) in [6.45, 7) is 0.702. The molecular formula is C19H30O5. The van der Waals surface area contributed by atoms with E-state index in [2.05, 4.69) is 0 Å². The lowest BCUT2D eigenvalue weighted by molar-refractivity contribution is -0.137. The molecule has 0 spiro atoms. The summed E-state index contributed by atoms with van der Waals surface area (Å²) in [5, 5.41) is 8.55. The quantitative estimate of drug-likeness (QED) is 0.499. The second kappa shape index (κ2) is 12.5. The van der Waals surface area contributed by atoms with Gasteiger partial charge in [0, 0.05) is 12.5 Å². The summed E-state index contributed by atoms with van der Waals surface area (Å²) in [6, 6.07) is 5.58. The molecule has 1 aromatic rings. The van der Waals surface area contributed by atoms with Crippen molar-refractivity contribution < 1.29 is 24.1 Å². The van der Waals surface area contributed by atoms with Gasteiger partial charge in [0.15, 0.2) is 11.5 Å². The number of rotatable bonds is 14. The Kier molecular flexibility index (Phi) is 10.5. The predicted molar refractivity (Wildman–Crippen MR) is 94.2 cm³/mol. The zero-order valence-electron chi connectivity index (χ0n) is 14.9. The molecule has 0 aliphatic carbocycles. The molecule has 1 N–H and O–H groups in total. The standard InChI is InChI=1S/C19H30O5/c1-22-17-13-12-16(15-18(17)23-2)24-14-10-8-6-4-3-5-7-9-11-19(20)21/h12-13,15H,3-11,14H2,1-2H3,(H,20,21). The highest BCUT2D eigenvalue weighted by molar-refractivity contribution is 5.66. The van der Waals surface area contributed by atoms with Crippen LogP contribution in [0.3, 0.4) is 0 Å². The van der Waals surface area contributed by atoms with Crippen LogP contribution in [0, 0.1) is 0 Å². The lowest BCUT2D eigenvalue weighted by Crippen LogP contribution is -1.98. The summed E-state index contributed by atoms with van der Waals surface area (Å²) in [5.74, 6) is 1.49. The molecule has 1 aromatic carbocycles. The first-order valence-electron chi connectivity index (χ1n) is 8.74. The number of ether oxygens (including phenoxy) is 3. The van der Waals surface area contributed by atoms with Gasteiger partial charge < -0.3 is 19.3 Å². The van der Waals surface area contributed by atoms with Crippen LogP contribution in [0.25, 0.3) is 0 Å². The number of carboxylic acids is 1. The molecule has 0 aliphatic rings. The van der Waals surface area contributed by atoms with Gasteiger partial charge in [-0.25, -0.2) is 0 Å². The molecule has 0 bridgehead atoms. The lowest BCUT2D eigenvalue weighted by atomic mass is 10.1. The smallest absolute Gasteiger partial charge is 0.303 e. The minimum atomic E-state index is -0.690. The Labute approximate surface area is 144 Å². The van der Waals surface area contributed by atoms with E-state index in [1.165, 1.54) is 19.3 Å². The normalized spacial score (nSPS) is 10.4. The highest BCUT2D eigenvalue weighted by atomic mass is 16.5. The molecule has 24 heavy (non-hydrogen) atoms. The first-order valence-corrected chi connectivity index (χ1v) is 8.74. The molecule has 1 rings (SSSR count). The van der Waals surface area contributed by atoms with Crippen LogP contribution in [-0.2, 0) is 4.79 Å². The highest BCUT2D eigenvalue weighted by Crippen LogP contribution is 2.30. The number of unbranched alkanes of at least 4 members (excludes halogenated alkanes) is 7. The minimum absolute atomic E-state index is 0.299. The average molecular weight is 338 g/mol. The van der Waals surface area contributed by atoms with E-state index in [4.69, 9.17) is 19.3 Å². The van der Waals surface area contributed by atoms with Crippen LogP contribution >= 0.6 is 0 Å². The van der Waals surface area contributed by atoms with E-state index in [1.807, 2.05) is 18.2 Å². The Balaban J connectivity index is 2.01. The maximum atomic E-state index is 10.4. The Morgan fingerprint density at radius 1 is 0.875 bits per heavy atom. The molecule has 0 aliphatic heterocycles. The van der Waals surface area contributed by atoms with Gasteiger partial charge in [-0.1, -0.05) is 38.5 Å². The van der Waals surface area contributed by atoms with Gasteiger partial charge >= 0.3 is 5.97 Å². The van der Waals surface area contributed by atoms with Crippen LogP contribution in [0.5, 0.6) is 17.2 Å². The monoisotopic (exact) mass is 338 g/mol. The first kappa shape index (κ1) is 20.1. The van der Waals surface area contributed by atoms with Gasteiger partial charge in [-0.3, -0.25) is 4.79 Å². The van der Waals surface area contributed by atoms with E-state index in [1.54, 1.807) is 14.2 Å². The molecule has 0 fully saturated rings. The average Bonchev–Trinajstić information content (AvgIpc) is 2.59. The van der Waals surface area contributed by atoms with Gasteiger partial charge in [-0.15, -0.1) is 0 Å². The highest BCUT2D eigenvalue weighted by Gasteiger charge is 2.05. The summed E-state index contributed by atoms with van der Waals surface area (Å²) in [4.78, 5) is 10.4. The van der Waals surface area contributed by atoms with E-state index in [9.17, 15) is 4.79 Å². The number of aliphatic carboxylic acids is 1. The fourth-order valence-corrected chi connectivity index (χ4v) is 2.54. The fourth-order valence-electron chi connectivity index (χ4n) is 2.54. The van der Waals surface area contributed by atoms with Gasteiger partial charge in [0.1, 0.15) is 5.75 Å². The van der Waals surface area contributed by atoms with Crippen LogP contribution in [0.1, 0.15) is 57.8 Å². The molecule has 0 aromatic heterocycles. The number of hydrogen-bond donors (Lipinski definition) is 1. The minimum Gasteiger partial charge on any atom is -0.493 e. The third-order valence-corrected chi connectivity index (χ3v) is 3.91. The number of carbonyl (C=O) groups is 1. The molecule has 0 saturated carbocycles. The van der Waals surface area contributed by atoms with Crippen LogP contribution in [0.15, 0.2) is 18.2 Å². The lowest BCUT2D eigenvalue weighted by Gasteiger charge is -2.10. The van der Waals surface area contributed by atoms with E-state index in [-0.39, 0.29) is 0 Å². The van der Waals surface area contributed by atoms with Crippen molar-refractivity contribution in [2.24, 2.45) is 0 Å². The van der Waals surface area contributed by atoms with E-state index < -0.39 is 5.97 Å². The number of methoxy groups -OCH3 is 2. The molecule has 136 valence electrons. The summed E-state index contributed by atoms with van der Waals surface area (Å²) < 4.78 is 16.2. The molecule has 5 heteroatoms. The SMILES string of the molecule is COc1ccc(OCCCCCCCCCCC(=O)O)cc1OC. The fraction of sp³-hybridized carbons (Fsp3) is 0.632. The zero-order chi connectivity index (χ0) is 17.6. The second-order valence-electron chi connectivity index (χ2n) is 5.84. The van der Waals surface area contributed by atoms with Crippen LogP contribution in [0.2, 0.25) is 0 Å². The molecular weight excluding hydrogens is 308 g/mol. The number of carboxylic acid groups (broad SMARTS) is 1. The van der Waals surface area contributed by atoms with Gasteiger partial charge in [0.25, 0.3) is 0 Å². The van der Waals surface area contributed by atoms with Crippen LogP contribution in [-0.4, -0.2) is 31.9 Å². The second-order valence-corrected chi connectivity index (χ2v) is 5.84. The van der Waals surface area contributed by atoms with Gasteiger partial charge in [-0.2, -0.15) is 0 Å². The van der Waals surface area contributed by atoms with Crippen molar-refractivity contribution >= 4 is 5.97 Å². The number of hydrogen-bond acceptors (Lipinski definition) is 4. The van der Waals surface area contributed by atoms with Gasteiger partial charge in [0.2, 0.25) is 0 Å². The predicted octanol–water partition coefficient (Wildman–Crippen LogP) is 4.68. The maximum Gasteiger partial charge on any atom is 0.303 e. The molecule has 0 atom stereocenters. The van der Waals surface area contributed by atoms with Gasteiger partial charge in [-0.05, 0) is 25.0 Å². The molecule has 0 unspecified atom stereocenters. The van der Waals surface area contributed by atoms with Crippen molar-refractivity contribution in [1.29, 1.82) is 0 Å². The van der Waals surface area contributed by atoms with E-state index in [0.29, 0.717) is 24.5 Å². The Hall–Kier alpha value is -1.91. The summed E-state index contributed by atoms with van der Waals surface area (Å²) in [5.41, 5.74) is 0. The van der Waals surface area contributed by atoms with Crippen LogP contribution in [0.4, 0.5) is 0 Å². The van der Waals surface area contributed by atoms with Crippen molar-refractivity contribution in [2.45, 2.75) is 57.8 Å². The molecule has 0 saturated heterocycles. The van der Waals surface area contributed by atoms with Crippen molar-refractivity contribution in [3.05, 3.63) is 18.2 Å². The summed E-state index contributed by atoms with van der Waals surface area (Å²) in [6.07, 6.45) is 9.05. The van der Waals surface area contributed by atoms with Gasteiger partial charge in [0.05, 0.1) is 20.8 Å². The van der Waals surface area contributed by atoms with Crippen molar-refractivity contribution in [3.8, 4) is 17.2 Å². The molecule has 5 nitrogen and oxygen atoms in total. The topological polar surface area (TPSA) is 65.0 Å². The van der Waals surface area contributed by atoms with Crippen LogP contribution < -0.4 is 14.2 Å². The van der Waals surface area contributed by atoms with E-state index in [0.717, 1.165) is 37.9 Å². The first-order chi connectivity index (χ1) is 11.7. The Morgan fingerprint density at radius 3 is 2.04 bits per heavy atom. The third-order valence-electron chi connectivity index (χ3n) is 3.91.